The van der Waals surface area contributed by atoms with E-state index in [-0.39, 0.29) is 50.5 Å². The molecule has 4 heteroatoms. The van der Waals surface area contributed by atoms with E-state index in [1.807, 2.05) is 109 Å². The maximum absolute atomic E-state index is 9.51. The van der Waals surface area contributed by atoms with Gasteiger partial charge in [0.2, 0.25) is 0 Å². The molecule has 0 aliphatic heterocycles. The molecule has 230 valence electrons. The summed E-state index contributed by atoms with van der Waals surface area (Å²) in [6.07, 6.45) is 0. The average Bonchev–Trinajstić information content (AvgIpc) is 3.69. The van der Waals surface area contributed by atoms with Crippen LogP contribution in [0.15, 0.2) is 180 Å². The van der Waals surface area contributed by atoms with Crippen LogP contribution in [0.25, 0.3) is 89.5 Å². The van der Waals surface area contributed by atoms with Crippen molar-refractivity contribution in [3.63, 3.8) is 0 Å². The van der Waals surface area contributed by atoms with Crippen LogP contribution in [0, 0.1) is 0 Å². The molecule has 0 bridgehead atoms. The minimum atomic E-state index is -0.686. The van der Waals surface area contributed by atoms with Crippen molar-refractivity contribution < 1.29 is 19.5 Å². The van der Waals surface area contributed by atoms with Crippen LogP contribution in [0.3, 0.4) is 0 Å². The highest BCUT2D eigenvalue weighted by atomic mass is 16.3. The summed E-state index contributed by atoms with van der Waals surface area (Å²) in [4.78, 5) is 14.5. The Kier molecular flexibility index (Phi) is 4.78. The van der Waals surface area contributed by atoms with Gasteiger partial charge in [-0.15, -0.1) is 0 Å². The lowest BCUT2D eigenvalue weighted by molar-refractivity contribution is 0.669. The van der Waals surface area contributed by atoms with Gasteiger partial charge in [-0.1, -0.05) is 145 Å². The molecule has 0 N–H and O–H groups in total. The lowest BCUT2D eigenvalue weighted by Gasteiger charge is -2.11. The molecule has 2 aromatic heterocycles. The third-order valence-electron chi connectivity index (χ3n) is 8.14. The molecule has 0 saturated heterocycles. The molecule has 9 rings (SSSR count). The monoisotopic (exact) mass is 638 g/mol. The molecule has 0 spiro atoms. The van der Waals surface area contributed by atoms with Gasteiger partial charge in [0, 0.05) is 27.5 Å². The first-order valence-corrected chi connectivity index (χ1v) is 15.5. The zero-order chi connectivity index (χ0) is 42.1. The second kappa shape index (κ2) is 12.2. The second-order valence-corrected chi connectivity index (χ2v) is 11.2. The third-order valence-corrected chi connectivity index (χ3v) is 8.14. The van der Waals surface area contributed by atoms with Crippen LogP contribution in [0.2, 0.25) is 0 Å². The van der Waals surface area contributed by atoms with E-state index in [0.717, 1.165) is 22.3 Å². The van der Waals surface area contributed by atoms with Crippen LogP contribution in [0.4, 0.5) is 0 Å². The van der Waals surface area contributed by atoms with Gasteiger partial charge in [-0.2, -0.15) is 0 Å². The van der Waals surface area contributed by atoms with Crippen molar-refractivity contribution in [2.45, 2.75) is 0 Å². The minimum absolute atomic E-state index is 0.115. The van der Waals surface area contributed by atoms with Crippen LogP contribution < -0.4 is 0 Å². The molecular weight excluding hydrogens is 599 g/mol. The van der Waals surface area contributed by atoms with Crippen molar-refractivity contribution in [3.05, 3.63) is 176 Å². The lowest BCUT2D eigenvalue weighted by atomic mass is 9.99. The van der Waals surface area contributed by atoms with Crippen molar-refractivity contribution in [2.75, 3.05) is 0 Å². The number of hydrogen-bond acceptors (Lipinski definition) is 4. The summed E-state index contributed by atoms with van der Waals surface area (Å²) in [5, 5.41) is -0.395. The fourth-order valence-electron chi connectivity index (χ4n) is 5.80. The zero-order valence-electron chi connectivity index (χ0n) is 36.6. The first kappa shape index (κ1) is 19.2. The fraction of sp³-hybridized carbons (Fsp3) is 0. The molecule has 2 heterocycles. The van der Waals surface area contributed by atoms with E-state index in [0.29, 0.717) is 11.1 Å². The van der Waals surface area contributed by atoms with Crippen LogP contribution in [-0.2, 0) is 0 Å². The highest BCUT2D eigenvalue weighted by Crippen LogP contribution is 2.38. The van der Waals surface area contributed by atoms with Gasteiger partial charge in [0.05, 0.1) is 15.1 Å². The van der Waals surface area contributed by atoms with E-state index >= 15 is 0 Å². The van der Waals surface area contributed by atoms with Gasteiger partial charge in [0.15, 0.2) is 17.5 Å². The summed E-state index contributed by atoms with van der Waals surface area (Å²) in [5.74, 6) is 0.334. The van der Waals surface area contributed by atoms with Crippen LogP contribution in [0.1, 0.15) is 15.1 Å². The quantitative estimate of drug-likeness (QED) is 0.182. The van der Waals surface area contributed by atoms with Gasteiger partial charge in [0.1, 0.15) is 11.2 Å². The molecular formula is C45H29N3O. The van der Waals surface area contributed by atoms with Gasteiger partial charge < -0.3 is 4.42 Å². The van der Waals surface area contributed by atoms with Crippen molar-refractivity contribution >= 4 is 21.9 Å². The van der Waals surface area contributed by atoms with E-state index < -0.39 is 72.0 Å². The standard InChI is InChI=1S/C45H29N3O/c1-4-13-30(14-5-1)33-19-10-21-35(27-33)43-46-44(36-22-11-20-34(28-36)31-15-6-2-7-16-31)48-45(47-43)37-25-26-39-41(29-37)49-40-24-12-23-38(42(39)40)32-17-8-3-9-18-32/h1-29H/i3D,8D,9D,12D,17D,18D,23D,24D,25D,26D,29D. The van der Waals surface area contributed by atoms with Gasteiger partial charge >= 0.3 is 0 Å². The predicted octanol–water partition coefficient (Wildman–Crippen LogP) is 11.8. The highest BCUT2D eigenvalue weighted by Gasteiger charge is 2.17. The molecule has 0 amide bonds. The SMILES string of the molecule is [2H]c1c([2H])c([2H])c(-c2c([2H])c([2H])c([2H])c3oc4c([2H])c(-c5nc(-c6cccc(-c7ccccc7)c6)nc(-c6cccc(-c7ccccc7)c6)n5)c([2H])c([2H])c4c23)c([2H])c1[2H]. The number of hydrogen-bond donors (Lipinski definition) is 0. The smallest absolute Gasteiger partial charge is 0.164 e. The van der Waals surface area contributed by atoms with E-state index in [1.54, 1.807) is 0 Å². The maximum atomic E-state index is 9.51. The van der Waals surface area contributed by atoms with Crippen molar-refractivity contribution in [2.24, 2.45) is 0 Å². The molecule has 0 unspecified atom stereocenters. The lowest BCUT2D eigenvalue weighted by Crippen LogP contribution is -2.00. The van der Waals surface area contributed by atoms with E-state index in [2.05, 4.69) is 0 Å². The number of furan rings is 1. The topological polar surface area (TPSA) is 51.8 Å². The first-order valence-electron chi connectivity index (χ1n) is 21.0. The third kappa shape index (κ3) is 5.45. The van der Waals surface area contributed by atoms with Gasteiger partial charge in [-0.05, 0) is 63.6 Å². The summed E-state index contributed by atoms with van der Waals surface area (Å²) in [7, 11) is 0. The summed E-state index contributed by atoms with van der Waals surface area (Å²) in [6, 6.07) is 28.0. The summed E-state index contributed by atoms with van der Waals surface area (Å²) in [6.45, 7) is 0. The predicted molar refractivity (Wildman–Crippen MR) is 200 cm³/mol. The Morgan fingerprint density at radius 3 is 1.57 bits per heavy atom. The Bertz CT molecular complexity index is 3100. The van der Waals surface area contributed by atoms with Gasteiger partial charge in [0.25, 0.3) is 0 Å². The Hall–Kier alpha value is -6.65. The summed E-state index contributed by atoms with van der Waals surface area (Å²) >= 11 is 0. The number of rotatable bonds is 6. The number of benzene rings is 7. The Morgan fingerprint density at radius 1 is 0.408 bits per heavy atom. The van der Waals surface area contributed by atoms with Crippen molar-refractivity contribution in [1.29, 1.82) is 0 Å². The molecule has 49 heavy (non-hydrogen) atoms. The molecule has 4 nitrogen and oxygen atoms in total. The van der Waals surface area contributed by atoms with Gasteiger partial charge in [-0.3, -0.25) is 0 Å². The average molecular weight is 639 g/mol. The number of fused-ring (bicyclic) bond motifs is 3. The van der Waals surface area contributed by atoms with E-state index in [4.69, 9.17) is 30.3 Å². The molecule has 0 fully saturated rings. The minimum Gasteiger partial charge on any atom is -0.456 e. The zero-order valence-corrected chi connectivity index (χ0v) is 25.6. The number of aromatic nitrogens is 3. The number of nitrogens with zero attached hydrogens (tertiary/aromatic N) is 3. The molecule has 0 atom stereocenters. The fourth-order valence-corrected chi connectivity index (χ4v) is 5.80. The summed E-state index contributed by atoms with van der Waals surface area (Å²) in [5.41, 5.74) is 3.32. The second-order valence-electron chi connectivity index (χ2n) is 11.2. The normalized spacial score (nSPS) is 14.4. The first-order chi connectivity index (χ1) is 28.8. The summed E-state index contributed by atoms with van der Waals surface area (Å²) < 4.78 is 103. The Labute approximate surface area is 299 Å². The van der Waals surface area contributed by atoms with Crippen molar-refractivity contribution in [3.8, 4) is 67.5 Å². The van der Waals surface area contributed by atoms with Crippen LogP contribution in [0.5, 0.6) is 0 Å². The highest BCUT2D eigenvalue weighted by molar-refractivity contribution is 6.13. The molecule has 9 aromatic rings. The molecule has 0 aliphatic rings. The molecule has 0 radical (unpaired) electrons. The van der Waals surface area contributed by atoms with Crippen molar-refractivity contribution in [1.82, 2.24) is 15.0 Å². The molecule has 0 saturated carbocycles. The van der Waals surface area contributed by atoms with E-state index in [1.165, 1.54) is 0 Å². The molecule has 7 aromatic carbocycles. The maximum Gasteiger partial charge on any atom is 0.164 e. The largest absolute Gasteiger partial charge is 0.456 e. The Balaban J connectivity index is 1.33. The molecule has 0 aliphatic carbocycles. The van der Waals surface area contributed by atoms with Crippen LogP contribution in [-0.4, -0.2) is 15.0 Å². The van der Waals surface area contributed by atoms with Crippen LogP contribution >= 0.6 is 0 Å². The Morgan fingerprint density at radius 2 is 0.959 bits per heavy atom. The van der Waals surface area contributed by atoms with E-state index in [9.17, 15) is 4.11 Å². The van der Waals surface area contributed by atoms with Gasteiger partial charge in [-0.25, -0.2) is 15.0 Å².